The first-order chi connectivity index (χ1) is 16.0. The number of piperidine rings is 1. The molecule has 0 saturated carbocycles. The normalized spacial score (nSPS) is 19.6. The fourth-order valence-corrected chi connectivity index (χ4v) is 5.22. The second kappa shape index (κ2) is 11.0. The van der Waals surface area contributed by atoms with Gasteiger partial charge in [-0.25, -0.2) is 9.78 Å². The van der Waals surface area contributed by atoms with Gasteiger partial charge in [-0.2, -0.15) is 0 Å². The molecule has 0 radical (unpaired) electrons. The third kappa shape index (κ3) is 6.27. The van der Waals surface area contributed by atoms with Crippen molar-refractivity contribution in [1.82, 2.24) is 14.5 Å². The first-order valence-corrected chi connectivity index (χ1v) is 12.8. The number of nitrogens with zero attached hydrogens (tertiary/aromatic N) is 6. The topological polar surface area (TPSA) is 130 Å². The largest absolute Gasteiger partial charge is 0.444 e. The molecule has 182 valence electrons. The average Bonchev–Trinajstić information content (AvgIpc) is 2.76. The lowest BCUT2D eigenvalue weighted by molar-refractivity contribution is 0.00873. The molecule has 1 fully saturated rings. The van der Waals surface area contributed by atoms with Crippen LogP contribution in [0.15, 0.2) is 32.8 Å². The zero-order valence-corrected chi connectivity index (χ0v) is 22.3. The van der Waals surface area contributed by atoms with Crippen molar-refractivity contribution in [2.75, 3.05) is 6.54 Å². The number of hydrogen-bond acceptors (Lipinski definition) is 6. The standard InChI is InChI=1S/C21H25BrClN6O4P/c1-21(2,3)33-20(31)29-6-4-5-18(34-32)17(29)7-12(26-27-24)10-28-11-25-16-9-14(22)15(23)8-13(16)19(28)30/h8-9,11-12,17-18H,4-7,10H2,1-3H3/t12-,17-,18+/m1/s1. The van der Waals surface area contributed by atoms with Gasteiger partial charge >= 0.3 is 6.09 Å². The molecule has 10 nitrogen and oxygen atoms in total. The molecule has 2 heterocycles. The molecule has 3 rings (SSSR count). The molecule has 0 aliphatic carbocycles. The van der Waals surface area contributed by atoms with Crippen LogP contribution in [0, 0.1) is 0 Å². The van der Waals surface area contributed by atoms with E-state index in [0.29, 0.717) is 39.8 Å². The first kappa shape index (κ1) is 26.4. The number of rotatable bonds is 6. The first-order valence-electron chi connectivity index (χ1n) is 10.7. The van der Waals surface area contributed by atoms with Crippen LogP contribution in [-0.2, 0) is 15.8 Å². The summed E-state index contributed by atoms with van der Waals surface area (Å²) in [5, 5.41) is 4.59. The molecular weight excluding hydrogens is 547 g/mol. The van der Waals surface area contributed by atoms with E-state index in [1.54, 1.807) is 31.7 Å². The summed E-state index contributed by atoms with van der Waals surface area (Å²) in [4.78, 5) is 34.7. The summed E-state index contributed by atoms with van der Waals surface area (Å²) in [6.07, 6.45) is 2.44. The molecule has 0 unspecified atom stereocenters. The Labute approximate surface area is 211 Å². The van der Waals surface area contributed by atoms with Crippen LogP contribution in [-0.4, -0.2) is 50.4 Å². The van der Waals surface area contributed by atoms with Crippen molar-refractivity contribution in [2.45, 2.75) is 69.9 Å². The SMILES string of the molecule is CC(C)(C)OC(=O)N1CCC[C@H](P=O)[C@H]1C[C@H](Cn1cnc2cc(Br)c(Cl)cc2c1=O)N=[N+]=[N-]. The van der Waals surface area contributed by atoms with Gasteiger partial charge in [0.2, 0.25) is 0 Å². The molecule has 1 saturated heterocycles. The highest BCUT2D eigenvalue weighted by Crippen LogP contribution is 2.32. The Morgan fingerprint density at radius 2 is 2.21 bits per heavy atom. The Morgan fingerprint density at radius 1 is 1.47 bits per heavy atom. The van der Waals surface area contributed by atoms with Crippen LogP contribution >= 0.6 is 36.0 Å². The van der Waals surface area contributed by atoms with Crippen molar-refractivity contribution in [3.8, 4) is 0 Å². The zero-order valence-electron chi connectivity index (χ0n) is 19.0. The van der Waals surface area contributed by atoms with E-state index in [-0.39, 0.29) is 32.6 Å². The maximum atomic E-state index is 13.1. The van der Waals surface area contributed by atoms with Crippen LogP contribution in [0.3, 0.4) is 0 Å². The molecule has 0 bridgehead atoms. The minimum Gasteiger partial charge on any atom is -0.444 e. The monoisotopic (exact) mass is 570 g/mol. The van der Waals surface area contributed by atoms with Gasteiger partial charge in [-0.15, -0.1) is 0 Å². The fourth-order valence-electron chi connectivity index (χ4n) is 4.01. The summed E-state index contributed by atoms with van der Waals surface area (Å²) in [6.45, 7) is 5.82. The molecular formula is C21H25BrClN6O4P. The van der Waals surface area contributed by atoms with E-state index < -0.39 is 23.8 Å². The molecule has 3 atom stereocenters. The Hall–Kier alpha value is -2.19. The predicted octanol–water partition coefficient (Wildman–Crippen LogP) is 5.94. The predicted molar refractivity (Wildman–Crippen MR) is 134 cm³/mol. The smallest absolute Gasteiger partial charge is 0.410 e. The van der Waals surface area contributed by atoms with E-state index in [1.807, 2.05) is 0 Å². The zero-order chi connectivity index (χ0) is 25.0. The lowest BCUT2D eigenvalue weighted by Gasteiger charge is -2.40. The molecule has 1 aliphatic rings. The summed E-state index contributed by atoms with van der Waals surface area (Å²) in [5.41, 5.74) is 8.30. The van der Waals surface area contributed by atoms with Crippen molar-refractivity contribution in [1.29, 1.82) is 0 Å². The van der Waals surface area contributed by atoms with Gasteiger partial charge in [-0.1, -0.05) is 16.7 Å². The van der Waals surface area contributed by atoms with Gasteiger partial charge in [0.05, 0.1) is 34.0 Å². The second-order valence-electron chi connectivity index (χ2n) is 9.14. The van der Waals surface area contributed by atoms with Gasteiger partial charge in [0.25, 0.3) is 5.56 Å². The maximum Gasteiger partial charge on any atom is 0.410 e. The minimum atomic E-state index is -0.690. The van der Waals surface area contributed by atoms with Gasteiger partial charge in [0.15, 0.2) is 8.46 Å². The highest BCUT2D eigenvalue weighted by molar-refractivity contribution is 9.10. The van der Waals surface area contributed by atoms with E-state index in [1.165, 1.54) is 17.0 Å². The van der Waals surface area contributed by atoms with E-state index >= 15 is 0 Å². The van der Waals surface area contributed by atoms with Crippen LogP contribution in [0.5, 0.6) is 0 Å². The lowest BCUT2D eigenvalue weighted by Crippen LogP contribution is -2.52. The summed E-state index contributed by atoms with van der Waals surface area (Å²) in [5.74, 6) is 0. The lowest BCUT2D eigenvalue weighted by atomic mass is 9.95. The number of hydrogen-bond donors (Lipinski definition) is 0. The molecule has 1 aromatic carbocycles. The minimum absolute atomic E-state index is 0.0423. The molecule has 0 spiro atoms. The van der Waals surface area contributed by atoms with Gasteiger partial charge in [0.1, 0.15) is 5.60 Å². The van der Waals surface area contributed by atoms with E-state index in [2.05, 4.69) is 30.9 Å². The maximum absolute atomic E-state index is 13.1. The van der Waals surface area contributed by atoms with Crippen molar-refractivity contribution in [2.24, 2.45) is 5.11 Å². The molecule has 1 aromatic heterocycles. The average molecular weight is 572 g/mol. The number of azide groups is 1. The third-order valence-corrected chi connectivity index (χ3v) is 7.58. The van der Waals surface area contributed by atoms with Crippen LogP contribution in [0.4, 0.5) is 4.79 Å². The van der Waals surface area contributed by atoms with Crippen LogP contribution in [0.25, 0.3) is 21.3 Å². The highest BCUT2D eigenvalue weighted by atomic mass is 79.9. The highest BCUT2D eigenvalue weighted by Gasteiger charge is 2.38. The summed E-state index contributed by atoms with van der Waals surface area (Å²) in [7, 11) is -0.0978. The van der Waals surface area contributed by atoms with Crippen molar-refractivity contribution < 1.29 is 14.1 Å². The Balaban J connectivity index is 1.90. The molecule has 2 aromatic rings. The molecule has 1 aliphatic heterocycles. The third-order valence-electron chi connectivity index (χ3n) is 5.51. The van der Waals surface area contributed by atoms with Crippen molar-refractivity contribution in [3.63, 3.8) is 0 Å². The number of halogens is 2. The number of amides is 1. The molecule has 13 heteroatoms. The number of ether oxygens (including phenoxy) is 1. The summed E-state index contributed by atoms with van der Waals surface area (Å²) in [6, 6.07) is 2.03. The molecule has 0 N–H and O–H groups in total. The van der Waals surface area contributed by atoms with Crippen LogP contribution in [0.2, 0.25) is 5.02 Å². The Kier molecular flexibility index (Phi) is 8.57. The van der Waals surface area contributed by atoms with E-state index in [9.17, 15) is 14.2 Å². The van der Waals surface area contributed by atoms with Crippen LogP contribution in [0.1, 0.15) is 40.0 Å². The van der Waals surface area contributed by atoms with Gasteiger partial charge < -0.3 is 9.64 Å². The fraction of sp³-hybridized carbons (Fsp3) is 0.571. The van der Waals surface area contributed by atoms with Gasteiger partial charge in [-0.3, -0.25) is 13.9 Å². The molecule has 1 amide bonds. The van der Waals surface area contributed by atoms with E-state index in [4.69, 9.17) is 21.9 Å². The van der Waals surface area contributed by atoms with E-state index in [0.717, 1.165) is 0 Å². The number of carbonyl (C=O) groups is 1. The molecule has 34 heavy (non-hydrogen) atoms. The Morgan fingerprint density at radius 3 is 2.85 bits per heavy atom. The van der Waals surface area contributed by atoms with Gasteiger partial charge in [0, 0.05) is 28.5 Å². The Bertz CT molecular complexity index is 1200. The quantitative estimate of drug-likeness (QED) is 0.183. The number of aromatic nitrogens is 2. The number of carbonyl (C=O) groups excluding carboxylic acids is 1. The van der Waals surface area contributed by atoms with Gasteiger partial charge in [-0.05, 0) is 73.6 Å². The van der Waals surface area contributed by atoms with Crippen molar-refractivity contribution >= 4 is 53.0 Å². The summed E-state index contributed by atoms with van der Waals surface area (Å²) >= 11 is 9.47. The number of likely N-dealkylation sites (tertiary alicyclic amines) is 1. The summed E-state index contributed by atoms with van der Waals surface area (Å²) < 4.78 is 19.4. The van der Waals surface area contributed by atoms with Crippen LogP contribution < -0.4 is 5.56 Å². The van der Waals surface area contributed by atoms with Crippen molar-refractivity contribution in [3.05, 3.63) is 48.8 Å². The second-order valence-corrected chi connectivity index (χ2v) is 11.3. The number of benzene rings is 1. The number of fused-ring (bicyclic) bond motifs is 1.